The molecule has 4 nitrogen and oxygen atoms in total. The zero-order chi connectivity index (χ0) is 22.3. The molecule has 0 radical (unpaired) electrons. The second kappa shape index (κ2) is 10.2. The SMILES string of the molecule is CCCCOC(=O)c1c(NC(=O)C(c2ccccc2)c2ccccc2)sc2ccccc12. The van der Waals surface area contributed by atoms with Crippen molar-refractivity contribution in [3.63, 3.8) is 0 Å². The van der Waals surface area contributed by atoms with Crippen molar-refractivity contribution < 1.29 is 14.3 Å². The maximum atomic E-state index is 13.6. The quantitative estimate of drug-likeness (QED) is 0.246. The highest BCUT2D eigenvalue weighted by atomic mass is 32.1. The maximum Gasteiger partial charge on any atom is 0.341 e. The molecule has 5 heteroatoms. The molecule has 1 N–H and O–H groups in total. The molecule has 0 atom stereocenters. The Bertz CT molecular complexity index is 1160. The fourth-order valence-electron chi connectivity index (χ4n) is 3.69. The van der Waals surface area contributed by atoms with Gasteiger partial charge in [0.2, 0.25) is 5.91 Å². The van der Waals surface area contributed by atoms with Crippen molar-refractivity contribution in [3.8, 4) is 0 Å². The van der Waals surface area contributed by atoms with Crippen molar-refractivity contribution in [1.82, 2.24) is 0 Å². The number of unbranched alkanes of at least 4 members (excludes halogenated alkanes) is 1. The average Bonchev–Trinajstić information content (AvgIpc) is 3.18. The maximum absolute atomic E-state index is 13.6. The van der Waals surface area contributed by atoms with Gasteiger partial charge in [-0.2, -0.15) is 0 Å². The summed E-state index contributed by atoms with van der Waals surface area (Å²) in [7, 11) is 0. The molecule has 1 heterocycles. The minimum Gasteiger partial charge on any atom is -0.462 e. The van der Waals surface area contributed by atoms with Crippen LogP contribution >= 0.6 is 11.3 Å². The fraction of sp³-hybridized carbons (Fsp3) is 0.185. The van der Waals surface area contributed by atoms with E-state index in [1.54, 1.807) is 0 Å². The summed E-state index contributed by atoms with van der Waals surface area (Å²) in [5.41, 5.74) is 2.21. The van der Waals surface area contributed by atoms with Gasteiger partial charge in [0.1, 0.15) is 10.6 Å². The Balaban J connectivity index is 1.70. The van der Waals surface area contributed by atoms with E-state index >= 15 is 0 Å². The molecule has 0 saturated carbocycles. The van der Waals surface area contributed by atoms with Gasteiger partial charge in [0.25, 0.3) is 0 Å². The van der Waals surface area contributed by atoms with Gasteiger partial charge in [-0.25, -0.2) is 4.79 Å². The molecular weight excluding hydrogens is 418 g/mol. The van der Waals surface area contributed by atoms with E-state index < -0.39 is 11.9 Å². The minimum atomic E-state index is -0.494. The lowest BCUT2D eigenvalue weighted by Gasteiger charge is -2.18. The van der Waals surface area contributed by atoms with Gasteiger partial charge in [-0.3, -0.25) is 4.79 Å². The third-order valence-electron chi connectivity index (χ3n) is 5.30. The number of amides is 1. The fourth-order valence-corrected chi connectivity index (χ4v) is 4.78. The van der Waals surface area contributed by atoms with Crippen LogP contribution in [0.25, 0.3) is 10.1 Å². The Morgan fingerprint density at radius 2 is 1.47 bits per heavy atom. The van der Waals surface area contributed by atoms with E-state index in [1.165, 1.54) is 11.3 Å². The molecule has 32 heavy (non-hydrogen) atoms. The van der Waals surface area contributed by atoms with Crippen LogP contribution in [-0.2, 0) is 9.53 Å². The van der Waals surface area contributed by atoms with Gasteiger partial charge < -0.3 is 10.1 Å². The van der Waals surface area contributed by atoms with Gasteiger partial charge in [0.15, 0.2) is 0 Å². The molecule has 3 aromatic carbocycles. The first-order valence-electron chi connectivity index (χ1n) is 10.8. The first-order chi connectivity index (χ1) is 15.7. The number of carbonyl (C=O) groups is 2. The molecule has 0 spiro atoms. The molecule has 0 aliphatic heterocycles. The number of thiophene rings is 1. The third-order valence-corrected chi connectivity index (χ3v) is 6.38. The van der Waals surface area contributed by atoms with E-state index in [1.807, 2.05) is 91.9 Å². The van der Waals surface area contributed by atoms with Gasteiger partial charge in [0, 0.05) is 10.1 Å². The minimum absolute atomic E-state index is 0.184. The molecule has 0 unspecified atom stereocenters. The molecule has 0 saturated heterocycles. The zero-order valence-electron chi connectivity index (χ0n) is 17.9. The van der Waals surface area contributed by atoms with Crippen LogP contribution in [-0.4, -0.2) is 18.5 Å². The molecule has 0 bridgehead atoms. The highest BCUT2D eigenvalue weighted by Gasteiger charge is 2.27. The number of nitrogens with one attached hydrogen (secondary N) is 1. The molecular formula is C27H25NO3S. The lowest BCUT2D eigenvalue weighted by atomic mass is 9.90. The summed E-state index contributed by atoms with van der Waals surface area (Å²) in [5, 5.41) is 4.37. The molecule has 0 aliphatic rings. The highest BCUT2D eigenvalue weighted by molar-refractivity contribution is 7.23. The molecule has 4 rings (SSSR count). The lowest BCUT2D eigenvalue weighted by molar-refractivity contribution is -0.116. The number of fused-ring (bicyclic) bond motifs is 1. The number of hydrogen-bond donors (Lipinski definition) is 1. The molecule has 4 aromatic rings. The van der Waals surface area contributed by atoms with Crippen molar-refractivity contribution in [2.24, 2.45) is 0 Å². The van der Waals surface area contributed by atoms with Gasteiger partial charge in [0.05, 0.1) is 12.5 Å². The van der Waals surface area contributed by atoms with Crippen molar-refractivity contribution in [2.45, 2.75) is 25.7 Å². The summed E-state index contributed by atoms with van der Waals surface area (Å²) in [6.45, 7) is 2.41. The summed E-state index contributed by atoms with van der Waals surface area (Å²) in [6.07, 6.45) is 1.75. The molecule has 1 aromatic heterocycles. The zero-order valence-corrected chi connectivity index (χ0v) is 18.7. The first-order valence-corrected chi connectivity index (χ1v) is 11.6. The van der Waals surface area contributed by atoms with E-state index in [2.05, 4.69) is 5.32 Å². The summed E-state index contributed by atoms with van der Waals surface area (Å²) < 4.78 is 6.44. The summed E-state index contributed by atoms with van der Waals surface area (Å²) in [6, 6.07) is 27.0. The number of anilines is 1. The topological polar surface area (TPSA) is 55.4 Å². The Hall–Kier alpha value is -3.44. The van der Waals surface area contributed by atoms with Crippen molar-refractivity contribution in [2.75, 3.05) is 11.9 Å². The third kappa shape index (κ3) is 4.73. The Labute approximate surface area is 191 Å². The van der Waals surface area contributed by atoms with Crippen molar-refractivity contribution >= 4 is 38.3 Å². The van der Waals surface area contributed by atoms with Gasteiger partial charge >= 0.3 is 5.97 Å². The predicted octanol–water partition coefficient (Wildman–Crippen LogP) is 6.63. The Morgan fingerprint density at radius 3 is 2.09 bits per heavy atom. The largest absolute Gasteiger partial charge is 0.462 e. The first kappa shape index (κ1) is 21.8. The smallest absolute Gasteiger partial charge is 0.341 e. The van der Waals surface area contributed by atoms with E-state index in [9.17, 15) is 9.59 Å². The van der Waals surface area contributed by atoms with Crippen LogP contribution in [0.1, 0.15) is 47.2 Å². The molecule has 0 fully saturated rings. The number of benzene rings is 3. The van der Waals surface area contributed by atoms with E-state index in [0.717, 1.165) is 34.1 Å². The van der Waals surface area contributed by atoms with E-state index in [-0.39, 0.29) is 5.91 Å². The predicted molar refractivity (Wildman–Crippen MR) is 130 cm³/mol. The standard InChI is InChI=1S/C27H25NO3S/c1-2-3-18-31-27(30)24-21-16-10-11-17-22(21)32-26(24)28-25(29)23(19-12-6-4-7-13-19)20-14-8-5-9-15-20/h4-17,23H,2-3,18H2,1H3,(H,28,29). The lowest BCUT2D eigenvalue weighted by Crippen LogP contribution is -2.23. The van der Waals surface area contributed by atoms with Crippen molar-refractivity contribution in [3.05, 3.63) is 102 Å². The van der Waals surface area contributed by atoms with E-state index in [4.69, 9.17) is 4.74 Å². The van der Waals surface area contributed by atoms with Crippen LogP contribution < -0.4 is 5.32 Å². The monoisotopic (exact) mass is 443 g/mol. The Morgan fingerprint density at radius 1 is 0.875 bits per heavy atom. The van der Waals surface area contributed by atoms with Crippen LogP contribution in [0.15, 0.2) is 84.9 Å². The summed E-state index contributed by atoms with van der Waals surface area (Å²) in [4.78, 5) is 26.5. The number of ether oxygens (including phenoxy) is 1. The van der Waals surface area contributed by atoms with Crippen molar-refractivity contribution in [1.29, 1.82) is 0 Å². The average molecular weight is 444 g/mol. The normalized spacial score (nSPS) is 10.9. The van der Waals surface area contributed by atoms with Gasteiger partial charge in [-0.05, 0) is 23.6 Å². The van der Waals surface area contributed by atoms with Crippen LogP contribution in [0.5, 0.6) is 0 Å². The number of hydrogen-bond acceptors (Lipinski definition) is 4. The van der Waals surface area contributed by atoms with Gasteiger partial charge in [-0.15, -0.1) is 11.3 Å². The van der Waals surface area contributed by atoms with Crippen LogP contribution in [0.3, 0.4) is 0 Å². The Kier molecular flexibility index (Phi) is 6.97. The second-order valence-electron chi connectivity index (χ2n) is 7.54. The van der Waals surface area contributed by atoms with Crippen LogP contribution in [0, 0.1) is 0 Å². The molecule has 162 valence electrons. The van der Waals surface area contributed by atoms with Gasteiger partial charge in [-0.1, -0.05) is 92.2 Å². The highest BCUT2D eigenvalue weighted by Crippen LogP contribution is 2.37. The molecule has 0 aliphatic carbocycles. The summed E-state index contributed by atoms with van der Waals surface area (Å²) >= 11 is 1.39. The number of esters is 1. The second-order valence-corrected chi connectivity index (χ2v) is 8.59. The number of carbonyl (C=O) groups excluding carboxylic acids is 2. The summed E-state index contributed by atoms with van der Waals surface area (Å²) in [5.74, 6) is -1.08. The van der Waals surface area contributed by atoms with Crippen LogP contribution in [0.4, 0.5) is 5.00 Å². The molecule has 1 amide bonds. The van der Waals surface area contributed by atoms with Crippen LogP contribution in [0.2, 0.25) is 0 Å². The number of rotatable bonds is 8. The van der Waals surface area contributed by atoms with E-state index in [0.29, 0.717) is 17.2 Å².